The minimum atomic E-state index is 1.04. The lowest BCUT2D eigenvalue weighted by Gasteiger charge is -2.05. The van der Waals surface area contributed by atoms with Crippen LogP contribution < -0.4 is 0 Å². The lowest BCUT2D eigenvalue weighted by molar-refractivity contribution is 0.570. The molecule has 0 N–H and O–H groups in total. The van der Waals surface area contributed by atoms with Gasteiger partial charge < -0.3 is 17.7 Å². The number of furan rings is 4. The molecule has 0 radical (unpaired) electrons. The molecule has 0 saturated heterocycles. The Labute approximate surface area is 122 Å². The van der Waals surface area contributed by atoms with Crippen molar-refractivity contribution >= 4 is 53.9 Å². The molecule has 4 aromatic heterocycles. The van der Waals surface area contributed by atoms with E-state index in [2.05, 4.69) is 0 Å². The van der Waals surface area contributed by atoms with Crippen molar-refractivity contribution in [3.8, 4) is 0 Å². The number of hydrogen-bond acceptors (Lipinski definition) is 4. The maximum Gasteiger partial charge on any atom is 0.0988 e. The lowest BCUT2D eigenvalue weighted by Crippen LogP contribution is -1.80. The minimum Gasteiger partial charge on any atom is -0.471 e. The van der Waals surface area contributed by atoms with Crippen molar-refractivity contribution in [2.24, 2.45) is 0 Å². The van der Waals surface area contributed by atoms with E-state index >= 15 is 0 Å². The number of fused-ring (bicyclic) bond motifs is 11. The second kappa shape index (κ2) is 3.36. The predicted octanol–water partition coefficient (Wildman–Crippen LogP) is 5.82. The Kier molecular flexibility index (Phi) is 1.61. The Bertz CT molecular complexity index is 1120. The van der Waals surface area contributed by atoms with Gasteiger partial charge in [0.05, 0.1) is 50.1 Å². The van der Waals surface area contributed by atoms with E-state index in [0.717, 1.165) is 53.9 Å². The number of benzene rings is 2. The van der Waals surface area contributed by atoms with Crippen molar-refractivity contribution in [3.63, 3.8) is 0 Å². The van der Waals surface area contributed by atoms with Gasteiger partial charge in [-0.05, 0) is 0 Å². The SMILES string of the molecule is c1occ2c1c1cocc1c1c3cocc3c3cocc3c21. The van der Waals surface area contributed by atoms with Gasteiger partial charge in [0.1, 0.15) is 0 Å². The van der Waals surface area contributed by atoms with E-state index in [9.17, 15) is 0 Å². The first kappa shape index (κ1) is 10.6. The van der Waals surface area contributed by atoms with Gasteiger partial charge in [0, 0.05) is 53.9 Å². The monoisotopic (exact) mass is 288 g/mol. The van der Waals surface area contributed by atoms with Crippen LogP contribution in [0.5, 0.6) is 0 Å². The van der Waals surface area contributed by atoms with Gasteiger partial charge in [-0.3, -0.25) is 0 Å². The van der Waals surface area contributed by atoms with Crippen molar-refractivity contribution < 1.29 is 17.7 Å². The molecule has 4 heterocycles. The van der Waals surface area contributed by atoms with Gasteiger partial charge in [-0.2, -0.15) is 0 Å². The highest BCUT2D eigenvalue weighted by molar-refractivity contribution is 6.38. The van der Waals surface area contributed by atoms with E-state index in [1.165, 1.54) is 0 Å². The van der Waals surface area contributed by atoms with Crippen molar-refractivity contribution in [2.45, 2.75) is 0 Å². The van der Waals surface area contributed by atoms with Crippen molar-refractivity contribution in [3.05, 3.63) is 50.1 Å². The largest absolute Gasteiger partial charge is 0.471 e. The summed E-state index contributed by atoms with van der Waals surface area (Å²) in [4.78, 5) is 0. The molecule has 104 valence electrons. The lowest BCUT2D eigenvalue weighted by atomic mass is 9.93. The molecule has 0 amide bonds. The first-order valence-electron chi connectivity index (χ1n) is 6.95. The number of hydrogen-bond donors (Lipinski definition) is 0. The van der Waals surface area contributed by atoms with E-state index in [1.807, 2.05) is 0 Å². The van der Waals surface area contributed by atoms with Gasteiger partial charge in [-0.1, -0.05) is 0 Å². The summed E-state index contributed by atoms with van der Waals surface area (Å²) in [6.45, 7) is 0. The fraction of sp³-hybridized carbons (Fsp3) is 0. The molecule has 0 aliphatic rings. The van der Waals surface area contributed by atoms with E-state index in [4.69, 9.17) is 17.7 Å². The van der Waals surface area contributed by atoms with Crippen LogP contribution in [0.4, 0.5) is 0 Å². The van der Waals surface area contributed by atoms with E-state index in [-0.39, 0.29) is 0 Å². The van der Waals surface area contributed by atoms with Gasteiger partial charge in [0.2, 0.25) is 0 Å². The summed E-state index contributed by atoms with van der Waals surface area (Å²) in [5.74, 6) is 0. The van der Waals surface area contributed by atoms with Crippen LogP contribution in [0.15, 0.2) is 67.8 Å². The molecule has 0 bridgehead atoms. The second-order valence-corrected chi connectivity index (χ2v) is 5.55. The second-order valence-electron chi connectivity index (χ2n) is 5.55. The molecule has 0 unspecified atom stereocenters. The van der Waals surface area contributed by atoms with Gasteiger partial charge >= 0.3 is 0 Å². The Morgan fingerprint density at radius 1 is 0.318 bits per heavy atom. The van der Waals surface area contributed by atoms with Crippen LogP contribution in [0.2, 0.25) is 0 Å². The fourth-order valence-corrected chi connectivity index (χ4v) is 3.63. The van der Waals surface area contributed by atoms with Gasteiger partial charge in [0.15, 0.2) is 0 Å². The molecule has 4 nitrogen and oxygen atoms in total. The summed E-state index contributed by atoms with van der Waals surface area (Å²) in [5, 5.41) is 10.6. The van der Waals surface area contributed by atoms with E-state index < -0.39 is 0 Å². The Morgan fingerprint density at radius 3 is 0.818 bits per heavy atom. The average molecular weight is 288 g/mol. The molecule has 0 atom stereocenters. The van der Waals surface area contributed by atoms with Gasteiger partial charge in [0.25, 0.3) is 0 Å². The zero-order valence-corrected chi connectivity index (χ0v) is 11.3. The van der Waals surface area contributed by atoms with Crippen molar-refractivity contribution in [2.75, 3.05) is 0 Å². The van der Waals surface area contributed by atoms with Crippen LogP contribution in [0.1, 0.15) is 0 Å². The van der Waals surface area contributed by atoms with Crippen LogP contribution in [0.3, 0.4) is 0 Å². The molecular weight excluding hydrogens is 280 g/mol. The standard InChI is InChI=1S/C18H8O4/c1-9-10-2-20-6-14(10)18-16-8-22-4-12(16)11-3-21-7-15(11)17(18)13(9)5-19-1/h1-8H. The minimum absolute atomic E-state index is 1.04. The first-order valence-corrected chi connectivity index (χ1v) is 6.95. The quantitative estimate of drug-likeness (QED) is 0.353. The maximum absolute atomic E-state index is 5.47. The molecule has 4 heteroatoms. The van der Waals surface area contributed by atoms with E-state index in [0.29, 0.717) is 0 Å². The highest BCUT2D eigenvalue weighted by Gasteiger charge is 2.19. The number of rotatable bonds is 0. The first-order chi connectivity index (χ1) is 10.9. The van der Waals surface area contributed by atoms with Gasteiger partial charge in [-0.25, -0.2) is 0 Å². The van der Waals surface area contributed by atoms with Gasteiger partial charge in [-0.15, -0.1) is 0 Å². The zero-order valence-electron chi connectivity index (χ0n) is 11.3. The van der Waals surface area contributed by atoms with Crippen molar-refractivity contribution in [1.82, 2.24) is 0 Å². The normalized spacial score (nSPS) is 12.5. The molecule has 0 aliphatic heterocycles. The topological polar surface area (TPSA) is 52.6 Å². The molecule has 22 heavy (non-hydrogen) atoms. The zero-order chi connectivity index (χ0) is 14.3. The van der Waals surface area contributed by atoms with Crippen molar-refractivity contribution in [1.29, 1.82) is 0 Å². The molecule has 6 rings (SSSR count). The summed E-state index contributed by atoms with van der Waals surface area (Å²) in [7, 11) is 0. The van der Waals surface area contributed by atoms with E-state index in [1.54, 1.807) is 50.1 Å². The summed E-state index contributed by atoms with van der Waals surface area (Å²) < 4.78 is 21.9. The molecule has 0 saturated carbocycles. The highest BCUT2D eigenvalue weighted by atomic mass is 16.3. The van der Waals surface area contributed by atoms with Crippen LogP contribution in [0, 0.1) is 0 Å². The maximum atomic E-state index is 5.47. The highest BCUT2D eigenvalue weighted by Crippen LogP contribution is 2.44. The fourth-order valence-electron chi connectivity index (χ4n) is 3.63. The van der Waals surface area contributed by atoms with Crippen LogP contribution in [-0.4, -0.2) is 0 Å². The summed E-state index contributed by atoms with van der Waals surface area (Å²) >= 11 is 0. The van der Waals surface area contributed by atoms with Crippen LogP contribution >= 0.6 is 0 Å². The summed E-state index contributed by atoms with van der Waals surface area (Å²) in [6, 6.07) is 0. The molecule has 0 spiro atoms. The third kappa shape index (κ3) is 1.01. The summed E-state index contributed by atoms with van der Waals surface area (Å²) in [6.07, 6.45) is 14.2. The molecule has 0 aliphatic carbocycles. The predicted molar refractivity (Wildman–Crippen MR) is 83.0 cm³/mol. The molecular formula is C18H8O4. The molecule has 0 fully saturated rings. The van der Waals surface area contributed by atoms with Crippen LogP contribution in [0.25, 0.3) is 53.9 Å². The Morgan fingerprint density at radius 2 is 0.545 bits per heavy atom. The third-order valence-electron chi connectivity index (χ3n) is 4.56. The Balaban J connectivity index is 2.19. The third-order valence-corrected chi connectivity index (χ3v) is 4.56. The average Bonchev–Trinajstić information content (AvgIpc) is 3.28. The summed E-state index contributed by atoms with van der Waals surface area (Å²) in [5.41, 5.74) is 0. The molecule has 6 aromatic rings. The Hall–Kier alpha value is -3.14. The smallest absolute Gasteiger partial charge is 0.0988 e. The van der Waals surface area contributed by atoms with Crippen LogP contribution in [-0.2, 0) is 0 Å². The molecule has 2 aromatic carbocycles.